The van der Waals surface area contributed by atoms with E-state index in [4.69, 9.17) is 16.3 Å². The first kappa shape index (κ1) is 14.8. The molecule has 1 aliphatic rings. The molecule has 1 aromatic carbocycles. The Bertz CT molecular complexity index is 507. The fourth-order valence-corrected chi connectivity index (χ4v) is 2.47. The SMILES string of the molecule is COC(=O)C1CCN(CC(=O)Nc2ccccc2Cl)C1. The Morgan fingerprint density at radius 3 is 2.90 bits per heavy atom. The molecular formula is C14H17ClN2O3. The molecule has 1 saturated heterocycles. The van der Waals surface area contributed by atoms with Crippen LogP contribution in [0.2, 0.25) is 5.02 Å². The molecule has 0 spiro atoms. The molecule has 1 heterocycles. The van der Waals surface area contributed by atoms with E-state index in [-0.39, 0.29) is 24.3 Å². The van der Waals surface area contributed by atoms with Gasteiger partial charge in [-0.3, -0.25) is 14.5 Å². The van der Waals surface area contributed by atoms with Crippen molar-refractivity contribution in [3.63, 3.8) is 0 Å². The highest BCUT2D eigenvalue weighted by Gasteiger charge is 2.29. The monoisotopic (exact) mass is 296 g/mol. The summed E-state index contributed by atoms with van der Waals surface area (Å²) >= 11 is 5.98. The second-order valence-corrected chi connectivity index (χ2v) is 5.18. The van der Waals surface area contributed by atoms with Gasteiger partial charge in [0, 0.05) is 6.54 Å². The van der Waals surface area contributed by atoms with Gasteiger partial charge < -0.3 is 10.1 Å². The molecule has 1 unspecified atom stereocenters. The lowest BCUT2D eigenvalue weighted by molar-refractivity contribution is -0.145. The number of hydrogen-bond acceptors (Lipinski definition) is 4. The van der Waals surface area contributed by atoms with Crippen molar-refractivity contribution in [2.24, 2.45) is 5.92 Å². The summed E-state index contributed by atoms with van der Waals surface area (Å²) < 4.78 is 4.72. The van der Waals surface area contributed by atoms with Gasteiger partial charge in [-0.15, -0.1) is 0 Å². The van der Waals surface area contributed by atoms with Gasteiger partial charge in [-0.05, 0) is 25.1 Å². The van der Waals surface area contributed by atoms with Crippen molar-refractivity contribution in [1.82, 2.24) is 4.90 Å². The molecule has 0 bridgehead atoms. The third-order valence-corrected chi connectivity index (χ3v) is 3.65. The van der Waals surface area contributed by atoms with E-state index in [0.29, 0.717) is 17.3 Å². The second kappa shape index (κ2) is 6.72. The molecule has 6 heteroatoms. The molecule has 108 valence electrons. The summed E-state index contributed by atoms with van der Waals surface area (Å²) in [5.41, 5.74) is 0.600. The Morgan fingerprint density at radius 1 is 1.45 bits per heavy atom. The van der Waals surface area contributed by atoms with Gasteiger partial charge in [0.1, 0.15) is 0 Å². The Morgan fingerprint density at radius 2 is 2.20 bits per heavy atom. The summed E-state index contributed by atoms with van der Waals surface area (Å²) in [6.45, 7) is 1.52. The summed E-state index contributed by atoms with van der Waals surface area (Å²) in [6.07, 6.45) is 0.728. The van der Waals surface area contributed by atoms with Gasteiger partial charge in [0.15, 0.2) is 0 Å². The van der Waals surface area contributed by atoms with Crippen LogP contribution in [-0.2, 0) is 14.3 Å². The topological polar surface area (TPSA) is 58.6 Å². The van der Waals surface area contributed by atoms with Crippen molar-refractivity contribution in [2.45, 2.75) is 6.42 Å². The molecule has 1 aromatic rings. The first-order chi connectivity index (χ1) is 9.60. The van der Waals surface area contributed by atoms with Crippen molar-refractivity contribution in [2.75, 3.05) is 32.1 Å². The summed E-state index contributed by atoms with van der Waals surface area (Å²) in [5, 5.41) is 3.28. The van der Waals surface area contributed by atoms with Crippen LogP contribution in [0.3, 0.4) is 0 Å². The molecule has 1 atom stereocenters. The van der Waals surface area contributed by atoms with Crippen LogP contribution in [0.1, 0.15) is 6.42 Å². The maximum absolute atomic E-state index is 11.9. The zero-order valence-electron chi connectivity index (χ0n) is 11.3. The van der Waals surface area contributed by atoms with Crippen LogP contribution in [0.4, 0.5) is 5.69 Å². The fourth-order valence-electron chi connectivity index (χ4n) is 2.29. The first-order valence-electron chi connectivity index (χ1n) is 6.44. The number of likely N-dealkylation sites (tertiary alicyclic amines) is 1. The standard InChI is InChI=1S/C14H17ClN2O3/c1-20-14(19)10-6-7-17(8-10)9-13(18)16-12-5-3-2-4-11(12)15/h2-5,10H,6-9H2,1H3,(H,16,18). The van der Waals surface area contributed by atoms with E-state index in [1.165, 1.54) is 7.11 Å². The molecule has 1 amide bonds. The number of methoxy groups -OCH3 is 1. The number of carbonyl (C=O) groups is 2. The molecular weight excluding hydrogens is 280 g/mol. The molecule has 0 aliphatic carbocycles. The Kier molecular flexibility index (Phi) is 4.98. The third-order valence-electron chi connectivity index (χ3n) is 3.32. The van der Waals surface area contributed by atoms with E-state index in [1.807, 2.05) is 11.0 Å². The minimum Gasteiger partial charge on any atom is -0.469 e. The molecule has 20 heavy (non-hydrogen) atoms. The van der Waals surface area contributed by atoms with Crippen LogP contribution in [0, 0.1) is 5.92 Å². The van der Waals surface area contributed by atoms with E-state index in [1.54, 1.807) is 18.2 Å². The number of halogens is 1. The molecule has 0 aromatic heterocycles. The number of anilines is 1. The smallest absolute Gasteiger partial charge is 0.310 e. The number of benzene rings is 1. The second-order valence-electron chi connectivity index (χ2n) is 4.77. The minimum absolute atomic E-state index is 0.131. The molecule has 0 saturated carbocycles. The van der Waals surface area contributed by atoms with Crippen molar-refractivity contribution < 1.29 is 14.3 Å². The maximum atomic E-state index is 11.9. The van der Waals surface area contributed by atoms with Gasteiger partial charge in [-0.2, -0.15) is 0 Å². The largest absolute Gasteiger partial charge is 0.469 e. The van der Waals surface area contributed by atoms with Gasteiger partial charge >= 0.3 is 5.97 Å². The first-order valence-corrected chi connectivity index (χ1v) is 6.82. The van der Waals surface area contributed by atoms with Crippen LogP contribution in [-0.4, -0.2) is 43.5 Å². The molecule has 1 aliphatic heterocycles. The summed E-state index contributed by atoms with van der Waals surface area (Å²) in [4.78, 5) is 25.3. The predicted octanol–water partition coefficient (Wildman–Crippen LogP) is 1.77. The average Bonchev–Trinajstić information content (AvgIpc) is 2.89. The van der Waals surface area contributed by atoms with E-state index in [0.717, 1.165) is 13.0 Å². The number of rotatable bonds is 4. The quantitative estimate of drug-likeness (QED) is 0.861. The fraction of sp³-hybridized carbons (Fsp3) is 0.429. The van der Waals surface area contributed by atoms with Gasteiger partial charge in [-0.25, -0.2) is 0 Å². The third kappa shape index (κ3) is 3.71. The van der Waals surface area contributed by atoms with Crippen molar-refractivity contribution in [3.05, 3.63) is 29.3 Å². The Hall–Kier alpha value is -1.59. The van der Waals surface area contributed by atoms with E-state index < -0.39 is 0 Å². The molecule has 5 nitrogen and oxygen atoms in total. The highest BCUT2D eigenvalue weighted by atomic mass is 35.5. The van der Waals surface area contributed by atoms with E-state index in [9.17, 15) is 9.59 Å². The lowest BCUT2D eigenvalue weighted by Crippen LogP contribution is -2.32. The van der Waals surface area contributed by atoms with Gasteiger partial charge in [0.05, 0.1) is 30.3 Å². The number of esters is 1. The van der Waals surface area contributed by atoms with Crippen molar-refractivity contribution in [3.8, 4) is 0 Å². The van der Waals surface area contributed by atoms with Crippen LogP contribution >= 0.6 is 11.6 Å². The number of ether oxygens (including phenoxy) is 1. The number of nitrogens with zero attached hydrogens (tertiary/aromatic N) is 1. The highest BCUT2D eigenvalue weighted by Crippen LogP contribution is 2.21. The van der Waals surface area contributed by atoms with Crippen LogP contribution < -0.4 is 5.32 Å². The average molecular weight is 297 g/mol. The summed E-state index contributed by atoms with van der Waals surface area (Å²) in [5.74, 6) is -0.476. The predicted molar refractivity (Wildman–Crippen MR) is 76.6 cm³/mol. The van der Waals surface area contributed by atoms with E-state index >= 15 is 0 Å². The van der Waals surface area contributed by atoms with Crippen LogP contribution in [0.25, 0.3) is 0 Å². The Labute approximate surface area is 122 Å². The van der Waals surface area contributed by atoms with Gasteiger partial charge in [0.2, 0.25) is 5.91 Å². The number of para-hydroxylation sites is 1. The molecule has 1 N–H and O–H groups in total. The molecule has 0 radical (unpaired) electrons. The van der Waals surface area contributed by atoms with Gasteiger partial charge in [0.25, 0.3) is 0 Å². The number of carbonyl (C=O) groups excluding carboxylic acids is 2. The minimum atomic E-state index is -0.209. The van der Waals surface area contributed by atoms with Crippen molar-refractivity contribution in [1.29, 1.82) is 0 Å². The summed E-state index contributed by atoms with van der Waals surface area (Å²) in [6, 6.07) is 7.09. The molecule has 2 rings (SSSR count). The zero-order chi connectivity index (χ0) is 14.5. The van der Waals surface area contributed by atoms with Crippen LogP contribution in [0.5, 0.6) is 0 Å². The Balaban J connectivity index is 1.84. The molecule has 1 fully saturated rings. The zero-order valence-corrected chi connectivity index (χ0v) is 12.0. The lowest BCUT2D eigenvalue weighted by atomic mass is 10.1. The lowest BCUT2D eigenvalue weighted by Gasteiger charge is -2.15. The maximum Gasteiger partial charge on any atom is 0.310 e. The highest BCUT2D eigenvalue weighted by molar-refractivity contribution is 6.33. The normalized spacial score (nSPS) is 18.8. The van der Waals surface area contributed by atoms with Gasteiger partial charge in [-0.1, -0.05) is 23.7 Å². The van der Waals surface area contributed by atoms with Crippen molar-refractivity contribution >= 4 is 29.2 Å². The van der Waals surface area contributed by atoms with Crippen LogP contribution in [0.15, 0.2) is 24.3 Å². The number of nitrogens with one attached hydrogen (secondary N) is 1. The number of amides is 1. The number of hydrogen-bond donors (Lipinski definition) is 1. The summed E-state index contributed by atoms with van der Waals surface area (Å²) in [7, 11) is 1.38. The van der Waals surface area contributed by atoms with E-state index in [2.05, 4.69) is 5.32 Å².